The topological polar surface area (TPSA) is 60.9 Å². The van der Waals surface area contributed by atoms with Crippen LogP contribution in [0.3, 0.4) is 0 Å². The zero-order chi connectivity index (χ0) is 26.1. The van der Waals surface area contributed by atoms with Crippen molar-refractivity contribution in [1.29, 1.82) is 0 Å². The van der Waals surface area contributed by atoms with Crippen molar-refractivity contribution in [3.05, 3.63) is 78.4 Å². The van der Waals surface area contributed by atoms with Gasteiger partial charge in [-0.25, -0.2) is 15.0 Å². The van der Waals surface area contributed by atoms with Crippen molar-refractivity contribution in [3.8, 4) is 5.75 Å². The molecule has 188 valence electrons. The molecule has 0 fully saturated rings. The molecule has 1 aliphatic heterocycles. The summed E-state index contributed by atoms with van der Waals surface area (Å²) in [5.74, 6) is 5.51. The van der Waals surface area contributed by atoms with Crippen LogP contribution in [0.5, 0.6) is 5.75 Å². The van der Waals surface area contributed by atoms with Crippen LogP contribution in [0.4, 0.5) is 46.3 Å². The number of methoxy groups -OCH3 is 1. The smallest absolute Gasteiger partial charge is 0.136 e. The second-order valence-electron chi connectivity index (χ2n) is 8.88. The number of aromatic nitrogens is 3. The minimum atomic E-state index is 0.749. The summed E-state index contributed by atoms with van der Waals surface area (Å²) >= 11 is 0. The van der Waals surface area contributed by atoms with Gasteiger partial charge in [0, 0.05) is 45.9 Å². The number of nitrogens with zero attached hydrogens (tertiary/aromatic N) is 7. The van der Waals surface area contributed by atoms with Crippen LogP contribution in [-0.4, -0.2) is 50.3 Å². The molecule has 4 aromatic rings. The van der Waals surface area contributed by atoms with Crippen molar-refractivity contribution in [2.24, 2.45) is 0 Å². The van der Waals surface area contributed by atoms with Crippen LogP contribution < -0.4 is 24.3 Å². The van der Waals surface area contributed by atoms with Crippen molar-refractivity contribution in [3.63, 3.8) is 0 Å². The van der Waals surface area contributed by atoms with Gasteiger partial charge in [0.1, 0.15) is 40.7 Å². The van der Waals surface area contributed by atoms with E-state index in [4.69, 9.17) is 19.7 Å². The maximum Gasteiger partial charge on any atom is 0.136 e. The summed E-state index contributed by atoms with van der Waals surface area (Å²) in [6.45, 7) is 2.02. The highest BCUT2D eigenvalue weighted by Crippen LogP contribution is 2.40. The van der Waals surface area contributed by atoms with E-state index >= 15 is 0 Å². The van der Waals surface area contributed by atoms with Gasteiger partial charge in [-0.15, -0.1) is 0 Å². The summed E-state index contributed by atoms with van der Waals surface area (Å²) in [6, 6.07) is 22.1. The van der Waals surface area contributed by atoms with Gasteiger partial charge in [-0.05, 0) is 43.3 Å². The van der Waals surface area contributed by atoms with Crippen LogP contribution in [0, 0.1) is 0 Å². The number of ether oxygens (including phenoxy) is 1. The minimum absolute atomic E-state index is 0.749. The number of benzene rings is 1. The van der Waals surface area contributed by atoms with Gasteiger partial charge >= 0.3 is 0 Å². The fourth-order valence-corrected chi connectivity index (χ4v) is 4.45. The Morgan fingerprint density at radius 1 is 0.595 bits per heavy atom. The van der Waals surface area contributed by atoms with Gasteiger partial charge in [-0.1, -0.05) is 30.4 Å². The number of hydrogen-bond donors (Lipinski definition) is 0. The molecular formula is C29H31N7O. The summed E-state index contributed by atoms with van der Waals surface area (Å²) in [7, 11) is 9.68. The second kappa shape index (κ2) is 9.81. The zero-order valence-corrected chi connectivity index (χ0v) is 22.0. The van der Waals surface area contributed by atoms with E-state index in [-0.39, 0.29) is 0 Å². The Balaban J connectivity index is 1.81. The molecule has 8 bridgehead atoms. The molecule has 5 rings (SSSR count). The fourth-order valence-electron chi connectivity index (χ4n) is 4.45. The standard InChI is InChI=1S/C29H31N7O/c1-7-11-21-22-18-20(37-6)19-23(21)34(3)25-13-9-15-27(31-25)36(5)29-17-10-16-28(32-29)35(4)26-14-8-12-24(30-26)33(22)2/h7-19H,1-6H3/b11-7+. The third kappa shape index (κ3) is 4.42. The lowest BCUT2D eigenvalue weighted by Gasteiger charge is -2.29. The monoisotopic (exact) mass is 493 g/mol. The fraction of sp³-hybridized carbons (Fsp3) is 0.207. The number of fused-ring (bicyclic) bond motifs is 8. The number of rotatable bonds is 2. The van der Waals surface area contributed by atoms with E-state index in [0.717, 1.165) is 57.6 Å². The Bertz CT molecular complexity index is 1370. The molecule has 8 heteroatoms. The van der Waals surface area contributed by atoms with Crippen molar-refractivity contribution < 1.29 is 4.74 Å². The second-order valence-corrected chi connectivity index (χ2v) is 8.88. The summed E-state index contributed by atoms with van der Waals surface area (Å²) in [4.78, 5) is 23.0. The molecule has 1 aliphatic rings. The van der Waals surface area contributed by atoms with Gasteiger partial charge in [0.2, 0.25) is 0 Å². The molecule has 0 unspecified atom stereocenters. The van der Waals surface area contributed by atoms with Crippen molar-refractivity contribution in [2.75, 3.05) is 54.9 Å². The Morgan fingerprint density at radius 2 is 0.946 bits per heavy atom. The highest BCUT2D eigenvalue weighted by Gasteiger charge is 2.21. The van der Waals surface area contributed by atoms with E-state index in [1.807, 2.05) is 118 Å². The van der Waals surface area contributed by atoms with E-state index in [1.165, 1.54) is 0 Å². The molecule has 0 saturated heterocycles. The summed E-state index contributed by atoms with van der Waals surface area (Å²) in [5, 5.41) is 0. The molecule has 0 radical (unpaired) electrons. The van der Waals surface area contributed by atoms with Crippen LogP contribution in [-0.2, 0) is 0 Å². The summed E-state index contributed by atoms with van der Waals surface area (Å²) in [6.07, 6.45) is 4.16. The van der Waals surface area contributed by atoms with Gasteiger partial charge in [-0.2, -0.15) is 0 Å². The molecule has 0 saturated carbocycles. The minimum Gasteiger partial charge on any atom is -0.497 e. The predicted octanol–water partition coefficient (Wildman–Crippen LogP) is 6.30. The maximum atomic E-state index is 5.74. The molecule has 8 nitrogen and oxygen atoms in total. The molecule has 0 N–H and O–H groups in total. The average Bonchev–Trinajstić information content (AvgIpc) is 2.95. The Hall–Kier alpha value is -4.59. The average molecular weight is 494 g/mol. The quantitative estimate of drug-likeness (QED) is 0.322. The lowest BCUT2D eigenvalue weighted by molar-refractivity contribution is 0.415. The van der Waals surface area contributed by atoms with Crippen LogP contribution in [0.15, 0.2) is 72.8 Å². The third-order valence-electron chi connectivity index (χ3n) is 6.62. The van der Waals surface area contributed by atoms with E-state index in [0.29, 0.717) is 0 Å². The molecular weight excluding hydrogens is 462 g/mol. The number of allylic oxidation sites excluding steroid dienone is 1. The van der Waals surface area contributed by atoms with Crippen molar-refractivity contribution in [2.45, 2.75) is 6.92 Å². The Kier molecular flexibility index (Phi) is 6.40. The third-order valence-corrected chi connectivity index (χ3v) is 6.62. The van der Waals surface area contributed by atoms with Crippen LogP contribution >= 0.6 is 0 Å². The molecule has 1 aromatic carbocycles. The first kappa shape index (κ1) is 24.1. The van der Waals surface area contributed by atoms with Gasteiger partial charge in [0.15, 0.2) is 0 Å². The molecule has 37 heavy (non-hydrogen) atoms. The van der Waals surface area contributed by atoms with Gasteiger partial charge in [-0.3, -0.25) is 0 Å². The molecule has 0 aliphatic carbocycles. The van der Waals surface area contributed by atoms with Gasteiger partial charge < -0.3 is 24.3 Å². The van der Waals surface area contributed by atoms with E-state index in [2.05, 4.69) is 15.9 Å². The Labute approximate surface area is 218 Å². The first-order valence-electron chi connectivity index (χ1n) is 12.1. The molecule has 0 atom stereocenters. The van der Waals surface area contributed by atoms with Gasteiger partial charge in [0.05, 0.1) is 18.5 Å². The van der Waals surface area contributed by atoms with Crippen LogP contribution in [0.2, 0.25) is 0 Å². The van der Waals surface area contributed by atoms with Gasteiger partial charge in [0.25, 0.3) is 0 Å². The molecule has 4 heterocycles. The normalized spacial score (nSPS) is 13.4. The number of anilines is 8. The van der Waals surface area contributed by atoms with E-state index < -0.39 is 0 Å². The highest BCUT2D eigenvalue weighted by atomic mass is 16.5. The van der Waals surface area contributed by atoms with Crippen LogP contribution in [0.1, 0.15) is 12.5 Å². The van der Waals surface area contributed by atoms with Crippen molar-refractivity contribution >= 4 is 52.4 Å². The van der Waals surface area contributed by atoms with Crippen LogP contribution in [0.25, 0.3) is 6.08 Å². The van der Waals surface area contributed by atoms with Crippen molar-refractivity contribution in [1.82, 2.24) is 15.0 Å². The first-order chi connectivity index (χ1) is 17.9. The first-order valence-corrected chi connectivity index (χ1v) is 12.1. The summed E-state index contributed by atoms with van der Waals surface area (Å²) in [5.41, 5.74) is 2.97. The molecule has 3 aromatic heterocycles. The zero-order valence-electron chi connectivity index (χ0n) is 22.0. The number of hydrogen-bond acceptors (Lipinski definition) is 8. The largest absolute Gasteiger partial charge is 0.497 e. The lowest BCUT2D eigenvalue weighted by atomic mass is 10.1. The highest BCUT2D eigenvalue weighted by molar-refractivity contribution is 5.85. The predicted molar refractivity (Wildman–Crippen MR) is 153 cm³/mol. The summed E-state index contributed by atoms with van der Waals surface area (Å²) < 4.78 is 5.74. The van der Waals surface area contributed by atoms with E-state index in [1.54, 1.807) is 7.11 Å². The lowest BCUT2D eigenvalue weighted by Crippen LogP contribution is -2.21. The molecule has 0 amide bonds. The number of pyridine rings is 3. The van der Waals surface area contributed by atoms with E-state index in [9.17, 15) is 0 Å². The SMILES string of the molecule is C/C=C/c1c2cc(OC)cc1N(C)c1cccc(n1)N(C)c1cccc(n1)N(C)c1cccc(n1)N2C. The maximum absolute atomic E-state index is 5.74. The Morgan fingerprint density at radius 3 is 1.27 bits per heavy atom. The molecule has 0 spiro atoms.